The van der Waals surface area contributed by atoms with Crippen LogP contribution in [-0.4, -0.2) is 31.6 Å². The van der Waals surface area contributed by atoms with Gasteiger partial charge in [0.05, 0.1) is 0 Å². The molecule has 0 unspecified atom stereocenters. The second-order valence-electron chi connectivity index (χ2n) is 3.08. The SMILES string of the molecule is [B]OC=N[C@@H](Cc1cccc(I)c1)C(=O)O. The van der Waals surface area contributed by atoms with Crippen LogP contribution in [0.1, 0.15) is 5.56 Å². The van der Waals surface area contributed by atoms with Crippen LogP contribution in [0, 0.1) is 3.57 Å². The van der Waals surface area contributed by atoms with Crippen molar-refractivity contribution in [1.29, 1.82) is 0 Å². The van der Waals surface area contributed by atoms with Crippen LogP contribution in [0.5, 0.6) is 0 Å². The van der Waals surface area contributed by atoms with Gasteiger partial charge in [0.2, 0.25) is 0 Å². The molecule has 1 N–H and O–H groups in total. The summed E-state index contributed by atoms with van der Waals surface area (Å²) >= 11 is 2.17. The Balaban J connectivity index is 2.75. The van der Waals surface area contributed by atoms with Crippen LogP contribution in [0.2, 0.25) is 0 Å². The number of carboxylic acids is 1. The summed E-state index contributed by atoms with van der Waals surface area (Å²) in [4.78, 5) is 14.6. The standard InChI is InChI=1S/C10H9BINO3/c11-16-6-13-9(10(14)15)5-7-2-1-3-8(12)4-7/h1-4,6,9H,5H2,(H,14,15)/t9-/m0/s1. The number of nitrogens with zero attached hydrogens (tertiary/aromatic N) is 1. The highest BCUT2D eigenvalue weighted by molar-refractivity contribution is 14.1. The van der Waals surface area contributed by atoms with Crippen LogP contribution < -0.4 is 0 Å². The Bertz CT molecular complexity index is 397. The van der Waals surface area contributed by atoms with Crippen molar-refractivity contribution in [2.24, 2.45) is 4.99 Å². The van der Waals surface area contributed by atoms with Crippen LogP contribution in [-0.2, 0) is 15.9 Å². The van der Waals surface area contributed by atoms with Gasteiger partial charge < -0.3 is 9.76 Å². The van der Waals surface area contributed by atoms with Crippen molar-refractivity contribution < 1.29 is 14.6 Å². The first-order valence-electron chi connectivity index (χ1n) is 4.48. The molecule has 0 spiro atoms. The molecule has 0 fully saturated rings. The minimum absolute atomic E-state index is 0.312. The summed E-state index contributed by atoms with van der Waals surface area (Å²) < 4.78 is 5.18. The molecule has 1 aromatic carbocycles. The maximum atomic E-state index is 10.9. The molecular weight excluding hydrogens is 320 g/mol. The van der Waals surface area contributed by atoms with Crippen molar-refractivity contribution in [3.63, 3.8) is 0 Å². The quantitative estimate of drug-likeness (QED) is 0.385. The van der Waals surface area contributed by atoms with Gasteiger partial charge in [-0.05, 0) is 40.3 Å². The molecule has 2 radical (unpaired) electrons. The third-order valence-electron chi connectivity index (χ3n) is 1.90. The van der Waals surface area contributed by atoms with Gasteiger partial charge in [0, 0.05) is 9.99 Å². The second kappa shape index (κ2) is 6.52. The molecule has 0 amide bonds. The van der Waals surface area contributed by atoms with Crippen molar-refractivity contribution in [2.45, 2.75) is 12.5 Å². The van der Waals surface area contributed by atoms with Gasteiger partial charge in [-0.1, -0.05) is 12.1 Å². The topological polar surface area (TPSA) is 58.9 Å². The smallest absolute Gasteiger partial charge is 0.375 e. The van der Waals surface area contributed by atoms with Gasteiger partial charge in [0.15, 0.2) is 12.4 Å². The van der Waals surface area contributed by atoms with Gasteiger partial charge in [-0.3, -0.25) is 0 Å². The van der Waals surface area contributed by atoms with E-state index < -0.39 is 12.0 Å². The Hall–Kier alpha value is -1.05. The minimum Gasteiger partial charge on any atom is -0.560 e. The number of carbonyl (C=O) groups is 1. The van der Waals surface area contributed by atoms with E-state index in [0.29, 0.717) is 6.42 Å². The number of rotatable bonds is 5. The molecule has 6 heteroatoms. The largest absolute Gasteiger partial charge is 0.560 e. The van der Waals surface area contributed by atoms with E-state index in [1.807, 2.05) is 24.3 Å². The number of aliphatic imine (C=N–C) groups is 1. The van der Waals surface area contributed by atoms with E-state index in [0.717, 1.165) is 15.5 Å². The summed E-state index contributed by atoms with van der Waals surface area (Å²) in [5, 5.41) is 8.92. The van der Waals surface area contributed by atoms with Crippen LogP contribution in [0.4, 0.5) is 0 Å². The Morgan fingerprint density at radius 1 is 1.69 bits per heavy atom. The molecule has 82 valence electrons. The van der Waals surface area contributed by atoms with Gasteiger partial charge in [-0.15, -0.1) is 0 Å². The molecule has 0 aliphatic rings. The lowest BCUT2D eigenvalue weighted by Crippen LogP contribution is -2.21. The maximum absolute atomic E-state index is 10.9. The Kier molecular flexibility index (Phi) is 5.31. The predicted octanol–water partition coefficient (Wildman–Crippen LogP) is 1.42. The fourth-order valence-electron chi connectivity index (χ4n) is 1.20. The van der Waals surface area contributed by atoms with E-state index in [2.05, 4.69) is 32.2 Å². The molecule has 0 aromatic heterocycles. The second-order valence-corrected chi connectivity index (χ2v) is 4.32. The summed E-state index contributed by atoms with van der Waals surface area (Å²) in [5.41, 5.74) is 0.911. The highest BCUT2D eigenvalue weighted by atomic mass is 127. The molecule has 4 nitrogen and oxygen atoms in total. The zero-order valence-electron chi connectivity index (χ0n) is 8.34. The molecule has 16 heavy (non-hydrogen) atoms. The summed E-state index contributed by atoms with van der Waals surface area (Å²) in [6, 6.07) is 6.71. The highest BCUT2D eigenvalue weighted by Gasteiger charge is 2.16. The Labute approximate surface area is 108 Å². The lowest BCUT2D eigenvalue weighted by Gasteiger charge is -2.07. The van der Waals surface area contributed by atoms with E-state index in [1.54, 1.807) is 0 Å². The average Bonchev–Trinajstić information content (AvgIpc) is 2.24. The van der Waals surface area contributed by atoms with Crippen molar-refractivity contribution in [2.75, 3.05) is 0 Å². The van der Waals surface area contributed by atoms with E-state index >= 15 is 0 Å². The number of carboxylic acid groups (broad SMARTS) is 1. The summed E-state index contributed by atoms with van der Waals surface area (Å²) in [7, 11) is 4.75. The molecule has 1 aromatic rings. The molecule has 0 aliphatic heterocycles. The number of hydrogen-bond acceptors (Lipinski definition) is 3. The van der Waals surface area contributed by atoms with Crippen molar-refractivity contribution in [3.05, 3.63) is 33.4 Å². The van der Waals surface area contributed by atoms with Gasteiger partial charge >= 0.3 is 14.0 Å². The van der Waals surface area contributed by atoms with Gasteiger partial charge in [-0.2, -0.15) is 0 Å². The maximum Gasteiger partial charge on any atom is 0.375 e. The lowest BCUT2D eigenvalue weighted by molar-refractivity contribution is -0.138. The number of halogens is 1. The van der Waals surface area contributed by atoms with Crippen molar-refractivity contribution in [3.8, 4) is 0 Å². The zero-order chi connectivity index (χ0) is 12.0. The third kappa shape index (κ3) is 4.22. The molecule has 1 rings (SSSR count). The van der Waals surface area contributed by atoms with E-state index in [-0.39, 0.29) is 0 Å². The Morgan fingerprint density at radius 2 is 2.44 bits per heavy atom. The van der Waals surface area contributed by atoms with Crippen LogP contribution in [0.3, 0.4) is 0 Å². The fourth-order valence-corrected chi connectivity index (χ4v) is 1.81. The van der Waals surface area contributed by atoms with Crippen LogP contribution >= 0.6 is 22.6 Å². The Morgan fingerprint density at radius 3 is 3.00 bits per heavy atom. The van der Waals surface area contributed by atoms with Crippen LogP contribution in [0.15, 0.2) is 29.3 Å². The van der Waals surface area contributed by atoms with Crippen molar-refractivity contribution >= 4 is 43.0 Å². The van der Waals surface area contributed by atoms with Gasteiger partial charge in [0.1, 0.15) is 0 Å². The van der Waals surface area contributed by atoms with Crippen LogP contribution in [0.25, 0.3) is 0 Å². The number of benzene rings is 1. The highest BCUT2D eigenvalue weighted by Crippen LogP contribution is 2.11. The molecule has 0 aliphatic carbocycles. The molecular formula is C10H9BINO3. The van der Waals surface area contributed by atoms with Crippen molar-refractivity contribution in [1.82, 2.24) is 0 Å². The molecule has 0 saturated carbocycles. The lowest BCUT2D eigenvalue weighted by atomic mass is 10.1. The normalized spacial score (nSPS) is 12.6. The van der Waals surface area contributed by atoms with E-state index in [9.17, 15) is 4.79 Å². The fraction of sp³-hybridized carbons (Fsp3) is 0.200. The molecule has 1 atom stereocenters. The first kappa shape index (κ1) is 13.0. The number of aliphatic carboxylic acids is 1. The minimum atomic E-state index is -1.01. The first-order valence-corrected chi connectivity index (χ1v) is 5.56. The third-order valence-corrected chi connectivity index (χ3v) is 2.58. The zero-order valence-corrected chi connectivity index (χ0v) is 10.5. The first-order chi connectivity index (χ1) is 7.63. The van der Waals surface area contributed by atoms with Gasteiger partial charge in [0.25, 0.3) is 0 Å². The van der Waals surface area contributed by atoms with E-state index in [1.165, 1.54) is 0 Å². The summed E-state index contributed by atoms with van der Waals surface area (Å²) in [6.07, 6.45) is 1.25. The van der Waals surface area contributed by atoms with E-state index in [4.69, 9.17) is 13.2 Å². The molecule has 0 bridgehead atoms. The van der Waals surface area contributed by atoms with Gasteiger partial charge in [-0.25, -0.2) is 9.79 Å². The molecule has 0 saturated heterocycles. The average molecular weight is 329 g/mol. The summed E-state index contributed by atoms with van der Waals surface area (Å²) in [6.45, 7) is 0. The molecule has 0 heterocycles. The predicted molar refractivity (Wildman–Crippen MR) is 69.6 cm³/mol. The number of hydrogen-bond donors (Lipinski definition) is 1. The monoisotopic (exact) mass is 329 g/mol. The summed E-state index contributed by atoms with van der Waals surface area (Å²) in [5.74, 6) is -1.01.